The van der Waals surface area contributed by atoms with Gasteiger partial charge in [0, 0.05) is 0 Å². The zero-order valence-corrected chi connectivity index (χ0v) is 9.54. The molecule has 0 spiro atoms. The third kappa shape index (κ3) is 3.79. The van der Waals surface area contributed by atoms with Gasteiger partial charge in [-0.3, -0.25) is 0 Å². The number of hydrogen-bond donors (Lipinski definition) is 3. The average molecular weight is 275 g/mol. The SMILES string of the molecule is NC(=O)COc1ccc([As](=O)(O)O)cc1. The molecule has 0 fully saturated rings. The zero-order chi connectivity index (χ0) is 11.5. The van der Waals surface area contributed by atoms with E-state index in [0.29, 0.717) is 5.75 Å². The van der Waals surface area contributed by atoms with Crippen molar-refractivity contribution in [2.45, 2.75) is 0 Å². The summed E-state index contributed by atoms with van der Waals surface area (Å²) in [6.07, 6.45) is 0. The van der Waals surface area contributed by atoms with Crippen molar-refractivity contribution < 1.29 is 21.5 Å². The van der Waals surface area contributed by atoms with Crippen LogP contribution >= 0.6 is 0 Å². The van der Waals surface area contributed by atoms with Gasteiger partial charge in [0.25, 0.3) is 0 Å². The first-order valence-electron chi connectivity index (χ1n) is 3.97. The van der Waals surface area contributed by atoms with Gasteiger partial charge in [-0.15, -0.1) is 0 Å². The molecule has 0 aliphatic rings. The van der Waals surface area contributed by atoms with E-state index in [4.69, 9.17) is 18.7 Å². The molecule has 0 saturated carbocycles. The van der Waals surface area contributed by atoms with E-state index in [-0.39, 0.29) is 11.0 Å². The van der Waals surface area contributed by atoms with Crippen LogP contribution in [0.4, 0.5) is 0 Å². The molecule has 0 atom stereocenters. The summed E-state index contributed by atoms with van der Waals surface area (Å²) in [7, 11) is 0. The average Bonchev–Trinajstić information content (AvgIpc) is 2.14. The van der Waals surface area contributed by atoms with Crippen LogP contribution in [0.3, 0.4) is 0 Å². The summed E-state index contributed by atoms with van der Waals surface area (Å²) in [5.74, 6) is -0.278. The predicted octanol–water partition coefficient (Wildman–Crippen LogP) is -1.89. The number of primary amides is 1. The summed E-state index contributed by atoms with van der Waals surface area (Å²) in [5.41, 5.74) is 4.85. The molecule has 15 heavy (non-hydrogen) atoms. The Hall–Kier alpha value is -1.23. The van der Waals surface area contributed by atoms with Crippen molar-refractivity contribution in [3.8, 4) is 5.75 Å². The number of nitrogens with two attached hydrogens (primary N) is 1. The molecule has 0 unspecified atom stereocenters. The van der Waals surface area contributed by atoms with E-state index in [1.165, 1.54) is 24.3 Å². The molecule has 0 aliphatic heterocycles. The first kappa shape index (κ1) is 11.8. The minimum absolute atomic E-state index is 0.0421. The van der Waals surface area contributed by atoms with Gasteiger partial charge in [0.1, 0.15) is 0 Å². The van der Waals surface area contributed by atoms with Crippen molar-refractivity contribution in [1.82, 2.24) is 0 Å². The maximum absolute atomic E-state index is 10.9. The molecule has 0 aliphatic carbocycles. The van der Waals surface area contributed by atoms with Gasteiger partial charge >= 0.3 is 88.2 Å². The van der Waals surface area contributed by atoms with E-state index < -0.39 is 20.1 Å². The zero-order valence-electron chi connectivity index (χ0n) is 7.66. The van der Waals surface area contributed by atoms with Gasteiger partial charge < -0.3 is 0 Å². The van der Waals surface area contributed by atoms with Crippen molar-refractivity contribution in [2.24, 2.45) is 5.73 Å². The summed E-state index contributed by atoms with van der Waals surface area (Å²) in [4.78, 5) is 10.4. The number of amides is 1. The molecular formula is C8H10AsNO5. The van der Waals surface area contributed by atoms with Crippen molar-refractivity contribution in [1.29, 1.82) is 0 Å². The van der Waals surface area contributed by atoms with Crippen LogP contribution in [-0.2, 0) is 8.53 Å². The van der Waals surface area contributed by atoms with Crippen LogP contribution in [0.1, 0.15) is 0 Å². The molecule has 6 nitrogen and oxygen atoms in total. The normalized spacial score (nSPS) is 11.1. The van der Waals surface area contributed by atoms with Crippen LogP contribution in [0.2, 0.25) is 0 Å². The third-order valence-corrected chi connectivity index (χ3v) is 3.59. The van der Waals surface area contributed by atoms with Crippen LogP contribution in [0.25, 0.3) is 0 Å². The monoisotopic (exact) mass is 275 g/mol. The Morgan fingerprint density at radius 2 is 1.87 bits per heavy atom. The van der Waals surface area contributed by atoms with Crippen LogP contribution in [0.15, 0.2) is 24.3 Å². The molecule has 1 aromatic carbocycles. The molecule has 0 bridgehead atoms. The molecule has 1 amide bonds. The summed E-state index contributed by atoms with van der Waals surface area (Å²) in [5, 5.41) is 0. The molecule has 7 heteroatoms. The summed E-state index contributed by atoms with van der Waals surface area (Å²) >= 11 is -4.82. The number of carbonyl (C=O) groups is 1. The van der Waals surface area contributed by atoms with Crippen LogP contribution in [0, 0.1) is 0 Å². The maximum atomic E-state index is 10.9. The fourth-order valence-electron chi connectivity index (χ4n) is 0.891. The Balaban J connectivity index is 2.73. The molecule has 0 radical (unpaired) electrons. The molecule has 4 N–H and O–H groups in total. The van der Waals surface area contributed by atoms with Crippen molar-refractivity contribution in [3.63, 3.8) is 0 Å². The number of rotatable bonds is 4. The molecule has 82 valence electrons. The molecule has 0 aromatic heterocycles. The Morgan fingerprint density at radius 1 is 1.33 bits per heavy atom. The van der Waals surface area contributed by atoms with Crippen LogP contribution in [0.5, 0.6) is 5.75 Å². The topological polar surface area (TPSA) is 110 Å². The van der Waals surface area contributed by atoms with E-state index >= 15 is 0 Å². The fraction of sp³-hybridized carbons (Fsp3) is 0.125. The van der Waals surface area contributed by atoms with Crippen LogP contribution in [-0.4, -0.2) is 34.9 Å². The standard InChI is InChI=1S/C8H10AsNO5/c10-8(11)5-15-7-3-1-6(2-4-7)9(12,13)14/h1-4H,5H2,(H2,10,11)(H2,12,13,14). The van der Waals surface area contributed by atoms with Crippen molar-refractivity contribution in [2.75, 3.05) is 6.61 Å². The van der Waals surface area contributed by atoms with Crippen molar-refractivity contribution >= 4 is 24.4 Å². The second-order valence-corrected chi connectivity index (χ2v) is 6.16. The van der Waals surface area contributed by atoms with Gasteiger partial charge in [-0.2, -0.15) is 0 Å². The Bertz CT molecular complexity index is 396. The second-order valence-electron chi connectivity index (χ2n) is 2.79. The van der Waals surface area contributed by atoms with E-state index in [9.17, 15) is 8.53 Å². The van der Waals surface area contributed by atoms with Crippen molar-refractivity contribution in [3.05, 3.63) is 24.3 Å². The van der Waals surface area contributed by atoms with E-state index in [1.54, 1.807) is 0 Å². The number of carbonyl (C=O) groups excluding carboxylic acids is 1. The fourth-order valence-corrected chi connectivity index (χ4v) is 2.02. The molecule has 1 aromatic rings. The molecular weight excluding hydrogens is 265 g/mol. The van der Waals surface area contributed by atoms with Gasteiger partial charge in [0.15, 0.2) is 0 Å². The third-order valence-electron chi connectivity index (χ3n) is 1.55. The van der Waals surface area contributed by atoms with Gasteiger partial charge in [-0.25, -0.2) is 0 Å². The predicted molar refractivity (Wildman–Crippen MR) is 51.6 cm³/mol. The number of hydrogen-bond acceptors (Lipinski definition) is 3. The quantitative estimate of drug-likeness (QED) is 0.557. The van der Waals surface area contributed by atoms with Gasteiger partial charge in [0.05, 0.1) is 0 Å². The molecule has 1 rings (SSSR count). The number of benzene rings is 1. The summed E-state index contributed by atoms with van der Waals surface area (Å²) < 4.78 is 33.4. The first-order chi connectivity index (χ1) is 6.89. The Kier molecular flexibility index (Phi) is 3.57. The first-order valence-corrected chi connectivity index (χ1v) is 7.35. The Morgan fingerprint density at radius 3 is 2.27 bits per heavy atom. The van der Waals surface area contributed by atoms with E-state index in [0.717, 1.165) is 0 Å². The second kappa shape index (κ2) is 4.53. The van der Waals surface area contributed by atoms with E-state index in [1.807, 2.05) is 0 Å². The van der Waals surface area contributed by atoms with Gasteiger partial charge in [-0.05, 0) is 0 Å². The molecule has 0 saturated heterocycles. The minimum atomic E-state index is -4.82. The Labute approximate surface area is 88.7 Å². The number of ether oxygens (including phenoxy) is 1. The summed E-state index contributed by atoms with van der Waals surface area (Å²) in [6.45, 7) is -0.264. The van der Waals surface area contributed by atoms with Crippen LogP contribution < -0.4 is 14.8 Å². The van der Waals surface area contributed by atoms with E-state index in [2.05, 4.69) is 0 Å². The summed E-state index contributed by atoms with van der Waals surface area (Å²) in [6, 6.07) is 5.27. The van der Waals surface area contributed by atoms with Gasteiger partial charge in [-0.1, -0.05) is 0 Å². The van der Waals surface area contributed by atoms with Gasteiger partial charge in [0.2, 0.25) is 0 Å². The molecule has 0 heterocycles.